The van der Waals surface area contributed by atoms with Crippen molar-refractivity contribution in [2.75, 3.05) is 14.2 Å². The van der Waals surface area contributed by atoms with Gasteiger partial charge in [0.15, 0.2) is 0 Å². The molecule has 1 unspecified atom stereocenters. The Kier molecular flexibility index (Phi) is 6.45. The Balaban J connectivity index is 1.73. The average Bonchev–Trinajstić information content (AvgIpc) is 2.84. The lowest BCUT2D eigenvalue weighted by atomic mass is 9.78. The fourth-order valence-electron chi connectivity index (χ4n) is 4.29. The molecule has 0 aliphatic carbocycles. The molecule has 0 aliphatic heterocycles. The Hall–Kier alpha value is -3.34. The van der Waals surface area contributed by atoms with E-state index in [0.29, 0.717) is 12.8 Å². The molecule has 4 nitrogen and oxygen atoms in total. The summed E-state index contributed by atoms with van der Waals surface area (Å²) < 4.78 is 10.6. The molecule has 0 saturated heterocycles. The van der Waals surface area contributed by atoms with Gasteiger partial charge in [0.05, 0.1) is 25.9 Å². The van der Waals surface area contributed by atoms with Gasteiger partial charge in [-0.05, 0) is 51.7 Å². The van der Waals surface area contributed by atoms with E-state index in [2.05, 4.69) is 18.2 Å². The van der Waals surface area contributed by atoms with Gasteiger partial charge in [-0.1, -0.05) is 66.7 Å². The summed E-state index contributed by atoms with van der Waals surface area (Å²) in [7, 11) is 3.29. The number of methoxy groups -OCH3 is 2. The molecule has 0 aliphatic rings. The number of rotatable bonds is 8. The van der Waals surface area contributed by atoms with Gasteiger partial charge in [0.1, 0.15) is 11.5 Å². The molecule has 0 radical (unpaired) electrons. The molecule has 0 saturated carbocycles. The molecular formula is C28H29NO3. The normalized spacial score (nSPS) is 12.5. The number of aliphatic hydroxyl groups is 1. The molecule has 3 N–H and O–H groups in total. The Morgan fingerprint density at radius 1 is 0.719 bits per heavy atom. The zero-order valence-corrected chi connectivity index (χ0v) is 18.5. The van der Waals surface area contributed by atoms with Crippen LogP contribution in [0.5, 0.6) is 11.5 Å². The van der Waals surface area contributed by atoms with Gasteiger partial charge in [0.25, 0.3) is 0 Å². The molecule has 0 spiro atoms. The van der Waals surface area contributed by atoms with Gasteiger partial charge in [-0.2, -0.15) is 0 Å². The summed E-state index contributed by atoms with van der Waals surface area (Å²) >= 11 is 0. The van der Waals surface area contributed by atoms with Crippen molar-refractivity contribution < 1.29 is 14.6 Å². The molecule has 0 aromatic heterocycles. The van der Waals surface area contributed by atoms with Crippen molar-refractivity contribution in [2.24, 2.45) is 5.73 Å². The van der Waals surface area contributed by atoms with E-state index >= 15 is 0 Å². The maximum atomic E-state index is 12.1. The van der Waals surface area contributed by atoms with Crippen molar-refractivity contribution in [1.82, 2.24) is 0 Å². The van der Waals surface area contributed by atoms with Crippen LogP contribution in [0.1, 0.15) is 22.7 Å². The van der Waals surface area contributed by atoms with Crippen molar-refractivity contribution in [3.63, 3.8) is 0 Å². The molecule has 4 heteroatoms. The summed E-state index contributed by atoms with van der Waals surface area (Å²) in [6.45, 7) is 0. The second-order valence-electron chi connectivity index (χ2n) is 8.20. The van der Waals surface area contributed by atoms with E-state index in [-0.39, 0.29) is 0 Å². The molecular weight excluding hydrogens is 398 g/mol. The first-order chi connectivity index (χ1) is 15.5. The summed E-state index contributed by atoms with van der Waals surface area (Å²) in [5, 5.41) is 14.2. The number of ether oxygens (including phenoxy) is 2. The van der Waals surface area contributed by atoms with Crippen LogP contribution in [0.2, 0.25) is 0 Å². The van der Waals surface area contributed by atoms with E-state index < -0.39 is 11.6 Å². The van der Waals surface area contributed by atoms with Crippen LogP contribution in [0.25, 0.3) is 10.8 Å². The largest absolute Gasteiger partial charge is 0.497 e. The van der Waals surface area contributed by atoms with Crippen molar-refractivity contribution in [3.05, 3.63) is 108 Å². The highest BCUT2D eigenvalue weighted by atomic mass is 16.5. The topological polar surface area (TPSA) is 64.7 Å². The van der Waals surface area contributed by atoms with Gasteiger partial charge in [-0.15, -0.1) is 0 Å². The first-order valence-corrected chi connectivity index (χ1v) is 10.7. The van der Waals surface area contributed by atoms with E-state index in [1.165, 1.54) is 0 Å². The highest BCUT2D eigenvalue weighted by Gasteiger charge is 2.36. The fourth-order valence-corrected chi connectivity index (χ4v) is 4.29. The van der Waals surface area contributed by atoms with Gasteiger partial charge in [0, 0.05) is 12.8 Å². The third kappa shape index (κ3) is 4.62. The number of hydrogen-bond acceptors (Lipinski definition) is 4. The minimum Gasteiger partial charge on any atom is -0.497 e. The number of fused-ring (bicyclic) bond motifs is 1. The van der Waals surface area contributed by atoms with Gasteiger partial charge in [-0.25, -0.2) is 0 Å². The molecule has 164 valence electrons. The SMILES string of the molecule is COc1ccc(CC(O)(Cc2ccc(OC)cc2)C(N)c2cccc3ccccc23)cc1. The zero-order valence-electron chi connectivity index (χ0n) is 18.5. The highest BCUT2D eigenvalue weighted by molar-refractivity contribution is 5.86. The summed E-state index contributed by atoms with van der Waals surface area (Å²) in [6, 6.07) is 29.2. The second kappa shape index (κ2) is 9.43. The monoisotopic (exact) mass is 427 g/mol. The quantitative estimate of drug-likeness (QED) is 0.412. The van der Waals surface area contributed by atoms with E-state index in [0.717, 1.165) is 39.0 Å². The zero-order chi connectivity index (χ0) is 22.6. The van der Waals surface area contributed by atoms with Gasteiger partial charge in [0.2, 0.25) is 0 Å². The lowest BCUT2D eigenvalue weighted by Crippen LogP contribution is -2.45. The highest BCUT2D eigenvalue weighted by Crippen LogP contribution is 2.35. The number of nitrogens with two attached hydrogens (primary N) is 1. The molecule has 4 rings (SSSR count). The minimum absolute atomic E-state index is 0.410. The summed E-state index contributed by atoms with van der Waals surface area (Å²) in [6.07, 6.45) is 0.820. The standard InChI is InChI=1S/C28H29NO3/c1-31-23-14-10-20(11-15-23)18-28(30,19-21-12-16-24(32-2)17-13-21)27(29)26-9-5-7-22-6-3-4-8-25(22)26/h3-17,27,30H,18-19,29H2,1-2H3. The number of benzene rings is 4. The summed E-state index contributed by atoms with van der Waals surface area (Å²) in [5.41, 5.74) is 8.58. The van der Waals surface area contributed by atoms with Crippen LogP contribution < -0.4 is 15.2 Å². The van der Waals surface area contributed by atoms with Crippen molar-refractivity contribution in [1.29, 1.82) is 0 Å². The lowest BCUT2D eigenvalue weighted by Gasteiger charge is -2.35. The van der Waals surface area contributed by atoms with Crippen LogP contribution in [0.3, 0.4) is 0 Å². The third-order valence-corrected chi connectivity index (χ3v) is 6.08. The predicted molar refractivity (Wildman–Crippen MR) is 129 cm³/mol. The van der Waals surface area contributed by atoms with Crippen LogP contribution in [-0.4, -0.2) is 24.9 Å². The van der Waals surface area contributed by atoms with Crippen molar-refractivity contribution in [2.45, 2.75) is 24.5 Å². The van der Waals surface area contributed by atoms with E-state index in [9.17, 15) is 5.11 Å². The first kappa shape index (κ1) is 21.9. The molecule has 0 bridgehead atoms. The first-order valence-electron chi connectivity index (χ1n) is 10.7. The van der Waals surface area contributed by atoms with E-state index in [1.54, 1.807) is 14.2 Å². The Morgan fingerprint density at radius 3 is 1.75 bits per heavy atom. The van der Waals surface area contributed by atoms with Crippen LogP contribution in [-0.2, 0) is 12.8 Å². The maximum absolute atomic E-state index is 12.1. The van der Waals surface area contributed by atoms with Gasteiger partial charge < -0.3 is 20.3 Å². The molecule has 0 fully saturated rings. The van der Waals surface area contributed by atoms with Crippen molar-refractivity contribution >= 4 is 10.8 Å². The van der Waals surface area contributed by atoms with Crippen LogP contribution in [0.4, 0.5) is 0 Å². The minimum atomic E-state index is -1.20. The van der Waals surface area contributed by atoms with Gasteiger partial charge in [-0.3, -0.25) is 0 Å². The smallest absolute Gasteiger partial charge is 0.118 e. The van der Waals surface area contributed by atoms with E-state index in [1.807, 2.05) is 72.8 Å². The van der Waals surface area contributed by atoms with Crippen LogP contribution in [0.15, 0.2) is 91.0 Å². The lowest BCUT2D eigenvalue weighted by molar-refractivity contribution is 0.0140. The average molecular weight is 428 g/mol. The molecule has 4 aromatic carbocycles. The third-order valence-electron chi connectivity index (χ3n) is 6.08. The Bertz CT molecular complexity index is 1110. The second-order valence-corrected chi connectivity index (χ2v) is 8.20. The number of hydrogen-bond donors (Lipinski definition) is 2. The van der Waals surface area contributed by atoms with Gasteiger partial charge >= 0.3 is 0 Å². The van der Waals surface area contributed by atoms with Crippen LogP contribution in [0, 0.1) is 0 Å². The molecule has 0 heterocycles. The summed E-state index contributed by atoms with van der Waals surface area (Å²) in [4.78, 5) is 0. The fraction of sp³-hybridized carbons (Fsp3) is 0.214. The van der Waals surface area contributed by atoms with E-state index in [4.69, 9.17) is 15.2 Å². The van der Waals surface area contributed by atoms with Crippen molar-refractivity contribution in [3.8, 4) is 11.5 Å². The molecule has 1 atom stereocenters. The molecule has 4 aromatic rings. The molecule has 32 heavy (non-hydrogen) atoms. The molecule has 0 amide bonds. The maximum Gasteiger partial charge on any atom is 0.118 e. The van der Waals surface area contributed by atoms with Crippen LogP contribution >= 0.6 is 0 Å². The Morgan fingerprint density at radius 2 is 1.22 bits per heavy atom. The summed E-state index contributed by atoms with van der Waals surface area (Å²) in [5.74, 6) is 1.57. The predicted octanol–water partition coefficient (Wildman–Crippen LogP) is 5.07. The Labute approximate surface area is 189 Å².